The molecule has 0 N–H and O–H groups in total. The zero-order chi connectivity index (χ0) is 15.6. The summed E-state index contributed by atoms with van der Waals surface area (Å²) in [5.74, 6) is 0.00713. The van der Waals surface area contributed by atoms with Gasteiger partial charge in [-0.1, -0.05) is 24.3 Å². The van der Waals surface area contributed by atoms with Gasteiger partial charge in [-0.3, -0.25) is 4.79 Å². The summed E-state index contributed by atoms with van der Waals surface area (Å²) in [6, 6.07) is 10.2. The molecule has 0 aliphatic carbocycles. The zero-order valence-electron chi connectivity index (χ0n) is 12.6. The first-order valence-electron chi connectivity index (χ1n) is 7.65. The van der Waals surface area contributed by atoms with Gasteiger partial charge in [0.25, 0.3) is 5.91 Å². The number of carbonyl (C=O) groups is 1. The molecule has 0 spiro atoms. The molecule has 1 amide bonds. The van der Waals surface area contributed by atoms with E-state index in [9.17, 15) is 4.79 Å². The van der Waals surface area contributed by atoms with E-state index in [1.807, 2.05) is 22.4 Å². The van der Waals surface area contributed by atoms with Crippen molar-refractivity contribution >= 4 is 17.2 Å². The first-order valence-corrected chi connectivity index (χ1v) is 8.53. The van der Waals surface area contributed by atoms with Gasteiger partial charge in [0.1, 0.15) is 17.0 Å². The zero-order valence-corrected chi connectivity index (χ0v) is 13.4. The predicted molar refractivity (Wildman–Crippen MR) is 89.3 cm³/mol. The number of fused-ring (bicyclic) bond motifs is 1. The van der Waals surface area contributed by atoms with Gasteiger partial charge in [-0.15, -0.1) is 11.3 Å². The lowest BCUT2D eigenvalue weighted by Crippen LogP contribution is -2.30. The van der Waals surface area contributed by atoms with Gasteiger partial charge >= 0.3 is 0 Å². The van der Waals surface area contributed by atoms with E-state index in [4.69, 9.17) is 4.42 Å². The van der Waals surface area contributed by atoms with Crippen LogP contribution in [0, 0.1) is 0 Å². The summed E-state index contributed by atoms with van der Waals surface area (Å²) in [4.78, 5) is 19.2. The highest BCUT2D eigenvalue weighted by atomic mass is 32.1. The number of rotatable bonds is 2. The van der Waals surface area contributed by atoms with E-state index in [1.165, 1.54) is 22.5 Å². The molecular weight excluding hydrogens is 308 g/mol. The Morgan fingerprint density at radius 1 is 1.22 bits per heavy atom. The van der Waals surface area contributed by atoms with Crippen molar-refractivity contribution in [3.05, 3.63) is 65.1 Å². The average Bonchev–Trinajstić information content (AvgIpc) is 3.21. The van der Waals surface area contributed by atoms with Crippen LogP contribution in [0.5, 0.6) is 0 Å². The van der Waals surface area contributed by atoms with Crippen molar-refractivity contribution in [2.24, 2.45) is 0 Å². The molecule has 5 heteroatoms. The lowest BCUT2D eigenvalue weighted by atomic mass is 10.0. The van der Waals surface area contributed by atoms with Crippen LogP contribution in [0.1, 0.15) is 28.0 Å². The van der Waals surface area contributed by atoms with Crippen LogP contribution in [0.25, 0.3) is 10.6 Å². The van der Waals surface area contributed by atoms with E-state index in [2.05, 4.69) is 23.2 Å². The van der Waals surface area contributed by atoms with Crippen LogP contribution in [-0.2, 0) is 13.0 Å². The van der Waals surface area contributed by atoms with Crippen LogP contribution in [0.2, 0.25) is 0 Å². The fourth-order valence-corrected chi connectivity index (χ4v) is 3.71. The molecule has 0 saturated carbocycles. The van der Waals surface area contributed by atoms with E-state index in [0.29, 0.717) is 12.2 Å². The number of aromatic nitrogens is 1. The number of aryl methyl sites for hydroxylation is 1. The van der Waals surface area contributed by atoms with Gasteiger partial charge in [-0.05, 0) is 30.0 Å². The molecule has 116 valence electrons. The smallest absolute Gasteiger partial charge is 0.273 e. The van der Waals surface area contributed by atoms with Crippen molar-refractivity contribution < 1.29 is 9.21 Å². The maximum absolute atomic E-state index is 12.8. The van der Waals surface area contributed by atoms with Crippen molar-refractivity contribution in [3.8, 4) is 10.6 Å². The van der Waals surface area contributed by atoms with Gasteiger partial charge in [0.2, 0.25) is 0 Å². The van der Waals surface area contributed by atoms with Gasteiger partial charge < -0.3 is 9.32 Å². The summed E-state index contributed by atoms with van der Waals surface area (Å²) in [5, 5.41) is 2.65. The highest BCUT2D eigenvalue weighted by Gasteiger charge is 2.22. The first kappa shape index (κ1) is 14.2. The highest BCUT2D eigenvalue weighted by molar-refractivity contribution is 7.13. The fraction of sp³-hybridized carbons (Fsp3) is 0.222. The molecule has 0 unspecified atom stereocenters. The first-order chi connectivity index (χ1) is 11.3. The van der Waals surface area contributed by atoms with Crippen molar-refractivity contribution in [3.63, 3.8) is 0 Å². The summed E-state index contributed by atoms with van der Waals surface area (Å²) < 4.78 is 5.08. The van der Waals surface area contributed by atoms with Gasteiger partial charge in [-0.2, -0.15) is 0 Å². The Kier molecular flexibility index (Phi) is 3.71. The van der Waals surface area contributed by atoms with Gasteiger partial charge in [0.15, 0.2) is 0 Å². The maximum Gasteiger partial charge on any atom is 0.273 e. The summed E-state index contributed by atoms with van der Waals surface area (Å²) in [7, 11) is 0. The topological polar surface area (TPSA) is 46.3 Å². The van der Waals surface area contributed by atoms with Crippen molar-refractivity contribution in [1.82, 2.24) is 9.88 Å². The molecule has 0 fully saturated rings. The molecule has 0 saturated heterocycles. The van der Waals surface area contributed by atoms with Gasteiger partial charge in [-0.25, -0.2) is 4.98 Å². The molecule has 1 aromatic carbocycles. The highest BCUT2D eigenvalue weighted by Crippen LogP contribution is 2.26. The summed E-state index contributed by atoms with van der Waals surface area (Å²) in [6.45, 7) is 1.43. The summed E-state index contributed by atoms with van der Waals surface area (Å²) in [5.41, 5.74) is 4.02. The number of carbonyl (C=O) groups excluding carboxylic acids is 1. The molecule has 1 aliphatic rings. The van der Waals surface area contributed by atoms with Crippen LogP contribution >= 0.6 is 11.3 Å². The minimum Gasteiger partial charge on any atom is -0.472 e. The Morgan fingerprint density at radius 2 is 2.09 bits per heavy atom. The summed E-state index contributed by atoms with van der Waals surface area (Å²) >= 11 is 1.47. The van der Waals surface area contributed by atoms with Crippen LogP contribution in [0.3, 0.4) is 0 Å². The van der Waals surface area contributed by atoms with Crippen LogP contribution in [0.15, 0.2) is 52.7 Å². The van der Waals surface area contributed by atoms with Gasteiger partial charge in [0.05, 0.1) is 6.26 Å². The molecule has 2 aromatic heterocycles. The second-order valence-electron chi connectivity index (χ2n) is 5.65. The maximum atomic E-state index is 12.8. The largest absolute Gasteiger partial charge is 0.472 e. The minimum absolute atomic E-state index is 0.00713. The van der Waals surface area contributed by atoms with Crippen LogP contribution in [0.4, 0.5) is 0 Å². The summed E-state index contributed by atoms with van der Waals surface area (Å²) in [6.07, 6.45) is 5.28. The quantitative estimate of drug-likeness (QED) is 0.716. The number of furan rings is 1. The van der Waals surface area contributed by atoms with E-state index in [-0.39, 0.29) is 5.91 Å². The second-order valence-corrected chi connectivity index (χ2v) is 6.51. The standard InChI is InChI=1S/C18H16N2O2S/c21-18(16-12-23-17(19-16)15-7-9-22-11-15)20-8-3-6-13-4-1-2-5-14(13)10-20/h1-2,4-5,7,9,11-12H,3,6,8,10H2. The average molecular weight is 324 g/mol. The molecule has 1 aliphatic heterocycles. The molecule has 0 atom stereocenters. The lowest BCUT2D eigenvalue weighted by molar-refractivity contribution is 0.0741. The molecule has 0 radical (unpaired) electrons. The number of hydrogen-bond acceptors (Lipinski definition) is 4. The van der Waals surface area contributed by atoms with Crippen molar-refractivity contribution in [2.45, 2.75) is 19.4 Å². The minimum atomic E-state index is 0.00713. The molecule has 23 heavy (non-hydrogen) atoms. The van der Waals surface area contributed by atoms with Crippen molar-refractivity contribution in [2.75, 3.05) is 6.54 Å². The third kappa shape index (κ3) is 2.80. The molecule has 4 nitrogen and oxygen atoms in total. The molecule has 3 aromatic rings. The van der Waals surface area contributed by atoms with E-state index < -0.39 is 0 Å². The van der Waals surface area contributed by atoms with Crippen LogP contribution < -0.4 is 0 Å². The van der Waals surface area contributed by atoms with Gasteiger partial charge in [0, 0.05) is 24.0 Å². The Labute approximate surface area is 138 Å². The number of amides is 1. The van der Waals surface area contributed by atoms with E-state index >= 15 is 0 Å². The third-order valence-corrected chi connectivity index (χ3v) is 5.02. The number of nitrogens with zero attached hydrogens (tertiary/aromatic N) is 2. The number of thiazole rings is 1. The Bertz CT molecular complexity index is 823. The van der Waals surface area contributed by atoms with Crippen molar-refractivity contribution in [1.29, 1.82) is 0 Å². The monoisotopic (exact) mass is 324 g/mol. The fourth-order valence-electron chi connectivity index (χ4n) is 2.93. The van der Waals surface area contributed by atoms with Crippen LogP contribution in [-0.4, -0.2) is 22.3 Å². The lowest BCUT2D eigenvalue weighted by Gasteiger charge is -2.19. The van der Waals surface area contributed by atoms with E-state index in [1.54, 1.807) is 12.5 Å². The molecule has 3 heterocycles. The Morgan fingerprint density at radius 3 is 2.91 bits per heavy atom. The normalized spacial score (nSPS) is 14.3. The Balaban J connectivity index is 1.57. The SMILES string of the molecule is O=C(c1csc(-c2ccoc2)n1)N1CCCc2ccccc2C1. The second kappa shape index (κ2) is 6.01. The molecule has 4 rings (SSSR count). The predicted octanol–water partition coefficient (Wildman–Crippen LogP) is 3.99. The van der Waals surface area contributed by atoms with E-state index in [0.717, 1.165) is 30.0 Å². The number of benzene rings is 1. The number of hydrogen-bond donors (Lipinski definition) is 0. The molecule has 0 bridgehead atoms. The third-order valence-electron chi connectivity index (χ3n) is 4.13. The molecular formula is C18H16N2O2S. The Hall–Kier alpha value is -2.40.